The number of nitrogens with zero attached hydrogens (tertiary/aromatic N) is 4. The summed E-state index contributed by atoms with van der Waals surface area (Å²) in [4.78, 5) is 17.2. The van der Waals surface area contributed by atoms with Crippen molar-refractivity contribution in [3.63, 3.8) is 0 Å². The lowest BCUT2D eigenvalue weighted by Gasteiger charge is -2.44. The van der Waals surface area contributed by atoms with Crippen LogP contribution in [0.4, 0.5) is 10.5 Å². The van der Waals surface area contributed by atoms with E-state index < -0.39 is 0 Å². The molecule has 2 amide bonds. The van der Waals surface area contributed by atoms with Crippen LogP contribution in [0.2, 0.25) is 0 Å². The normalized spacial score (nSPS) is 21.3. The number of hydrogen-bond acceptors (Lipinski definition) is 6. The van der Waals surface area contributed by atoms with Gasteiger partial charge >= 0.3 is 6.03 Å². The van der Waals surface area contributed by atoms with Crippen molar-refractivity contribution in [2.45, 2.75) is 45.2 Å². The van der Waals surface area contributed by atoms with E-state index >= 15 is 0 Å². The van der Waals surface area contributed by atoms with E-state index in [1.54, 1.807) is 0 Å². The lowest BCUT2D eigenvalue weighted by atomic mass is 10.0. The van der Waals surface area contributed by atoms with Gasteiger partial charge in [-0.2, -0.15) is 0 Å². The van der Waals surface area contributed by atoms with Crippen LogP contribution in [0.1, 0.15) is 32.6 Å². The van der Waals surface area contributed by atoms with Crippen molar-refractivity contribution in [2.75, 3.05) is 38.2 Å². The first-order valence-electron chi connectivity index (χ1n) is 10.5. The Morgan fingerprint density at radius 3 is 2.59 bits per heavy atom. The van der Waals surface area contributed by atoms with E-state index in [0.29, 0.717) is 24.2 Å². The molecule has 0 saturated carbocycles. The fraction of sp³-hybridized carbons (Fsp3) is 0.571. The van der Waals surface area contributed by atoms with Crippen molar-refractivity contribution in [1.82, 2.24) is 20.0 Å². The first-order valence-corrected chi connectivity index (χ1v) is 10.5. The highest BCUT2D eigenvalue weighted by atomic mass is 16.5. The fourth-order valence-corrected chi connectivity index (χ4v) is 4.07. The van der Waals surface area contributed by atoms with Crippen LogP contribution >= 0.6 is 0 Å². The molecule has 2 fully saturated rings. The van der Waals surface area contributed by atoms with Gasteiger partial charge in [0.1, 0.15) is 0 Å². The monoisotopic (exact) mass is 399 g/mol. The molecule has 3 heterocycles. The number of anilines is 1. The Morgan fingerprint density at radius 2 is 1.93 bits per heavy atom. The number of carbonyl (C=O) groups is 1. The van der Waals surface area contributed by atoms with Gasteiger partial charge in [0.25, 0.3) is 0 Å². The Kier molecular flexibility index (Phi) is 6.10. The number of ether oxygens (including phenoxy) is 1. The maximum Gasteiger partial charge on any atom is 0.322 e. The van der Waals surface area contributed by atoms with Gasteiger partial charge in [-0.15, -0.1) is 10.2 Å². The summed E-state index contributed by atoms with van der Waals surface area (Å²) in [7, 11) is 0. The van der Waals surface area contributed by atoms with Gasteiger partial charge in [-0.05, 0) is 44.0 Å². The number of carbonyl (C=O) groups excluding carboxylic acids is 1. The molecule has 0 aliphatic carbocycles. The third-order valence-corrected chi connectivity index (χ3v) is 5.78. The zero-order valence-electron chi connectivity index (χ0n) is 17.1. The van der Waals surface area contributed by atoms with Gasteiger partial charge in [-0.1, -0.05) is 6.92 Å². The average molecular weight is 399 g/mol. The molecule has 156 valence electrons. The Labute approximate surface area is 171 Å². The van der Waals surface area contributed by atoms with Gasteiger partial charge in [0.15, 0.2) is 0 Å². The first-order chi connectivity index (χ1) is 14.1. The maximum absolute atomic E-state index is 12.8. The summed E-state index contributed by atoms with van der Waals surface area (Å²) in [5, 5.41) is 11.1. The number of nitrogens with one attached hydrogen (secondary N) is 1. The second-order valence-electron chi connectivity index (χ2n) is 7.74. The number of hydrogen-bond donors (Lipinski definition) is 1. The zero-order valence-corrected chi connectivity index (χ0v) is 17.1. The summed E-state index contributed by atoms with van der Waals surface area (Å²) in [6.07, 6.45) is 2.89. The van der Waals surface area contributed by atoms with E-state index in [-0.39, 0.29) is 12.1 Å². The highest BCUT2D eigenvalue weighted by Gasteiger charge is 2.31. The van der Waals surface area contributed by atoms with Crippen LogP contribution in [0.3, 0.4) is 0 Å². The Morgan fingerprint density at radius 1 is 1.17 bits per heavy atom. The number of aryl methyl sites for hydroxylation is 1. The molecule has 1 atom stereocenters. The maximum atomic E-state index is 12.8. The minimum absolute atomic E-state index is 0.0528. The molecule has 8 heteroatoms. The molecule has 1 N–H and O–H groups in total. The van der Waals surface area contributed by atoms with E-state index in [1.165, 1.54) is 0 Å². The molecule has 0 unspecified atom stereocenters. The third kappa shape index (κ3) is 4.59. The SMILES string of the molecule is CCc1nnc(-c2ccc(NC(=O)N3CCN(C4CCOCC4)C[C@H]3C)cc2)o1. The summed E-state index contributed by atoms with van der Waals surface area (Å²) in [5.41, 5.74) is 1.60. The molecule has 2 aromatic rings. The van der Waals surface area contributed by atoms with E-state index in [2.05, 4.69) is 27.3 Å². The van der Waals surface area contributed by atoms with Crippen molar-refractivity contribution in [1.29, 1.82) is 0 Å². The molecule has 2 aliphatic rings. The van der Waals surface area contributed by atoms with Crippen molar-refractivity contribution in [3.05, 3.63) is 30.2 Å². The van der Waals surface area contributed by atoms with Gasteiger partial charge < -0.3 is 19.4 Å². The Balaban J connectivity index is 1.33. The number of piperazine rings is 1. The summed E-state index contributed by atoms with van der Waals surface area (Å²) >= 11 is 0. The number of amides is 2. The Hall–Kier alpha value is -2.45. The fourth-order valence-electron chi connectivity index (χ4n) is 4.07. The number of aromatic nitrogens is 2. The van der Waals surface area contributed by atoms with Crippen LogP contribution in [0, 0.1) is 0 Å². The highest BCUT2D eigenvalue weighted by molar-refractivity contribution is 5.89. The van der Waals surface area contributed by atoms with Crippen molar-refractivity contribution in [3.8, 4) is 11.5 Å². The van der Waals surface area contributed by atoms with Crippen LogP contribution in [0.15, 0.2) is 28.7 Å². The van der Waals surface area contributed by atoms with Crippen LogP contribution in [-0.2, 0) is 11.2 Å². The molecule has 2 saturated heterocycles. The predicted molar refractivity (Wildman–Crippen MR) is 110 cm³/mol. The van der Waals surface area contributed by atoms with Gasteiger partial charge in [0.05, 0.1) is 0 Å². The second-order valence-corrected chi connectivity index (χ2v) is 7.74. The molecule has 4 rings (SSSR count). The second kappa shape index (κ2) is 8.92. The van der Waals surface area contributed by atoms with Gasteiger partial charge in [0.2, 0.25) is 11.8 Å². The van der Waals surface area contributed by atoms with Crippen LogP contribution in [-0.4, -0.2) is 71.0 Å². The summed E-state index contributed by atoms with van der Waals surface area (Å²) < 4.78 is 11.1. The van der Waals surface area contributed by atoms with Gasteiger partial charge in [-0.3, -0.25) is 4.90 Å². The summed E-state index contributed by atoms with van der Waals surface area (Å²) in [6.45, 7) is 8.35. The van der Waals surface area contributed by atoms with Crippen LogP contribution < -0.4 is 5.32 Å². The highest BCUT2D eigenvalue weighted by Crippen LogP contribution is 2.22. The van der Waals surface area contributed by atoms with Crippen molar-refractivity contribution in [2.24, 2.45) is 0 Å². The smallest absolute Gasteiger partial charge is 0.322 e. The predicted octanol–water partition coefficient (Wildman–Crippen LogP) is 3.02. The molecular formula is C21H29N5O3. The molecule has 0 bridgehead atoms. The minimum Gasteiger partial charge on any atom is -0.421 e. The number of urea groups is 1. The number of rotatable bonds is 4. The Bertz CT molecular complexity index is 816. The summed E-state index contributed by atoms with van der Waals surface area (Å²) in [5.74, 6) is 1.11. The molecule has 29 heavy (non-hydrogen) atoms. The van der Waals surface area contributed by atoms with E-state index in [4.69, 9.17) is 9.15 Å². The third-order valence-electron chi connectivity index (χ3n) is 5.78. The lowest BCUT2D eigenvalue weighted by Crippen LogP contribution is -2.58. The van der Waals surface area contributed by atoms with E-state index in [9.17, 15) is 4.79 Å². The molecular weight excluding hydrogens is 370 g/mol. The minimum atomic E-state index is -0.0528. The van der Waals surface area contributed by atoms with E-state index in [0.717, 1.165) is 56.9 Å². The molecule has 0 radical (unpaired) electrons. The van der Waals surface area contributed by atoms with Gasteiger partial charge in [0, 0.05) is 62.6 Å². The molecule has 1 aromatic carbocycles. The number of benzene rings is 1. The molecule has 0 spiro atoms. The zero-order chi connectivity index (χ0) is 20.2. The van der Waals surface area contributed by atoms with Crippen LogP contribution in [0.25, 0.3) is 11.5 Å². The molecule has 8 nitrogen and oxygen atoms in total. The topological polar surface area (TPSA) is 83.7 Å². The van der Waals surface area contributed by atoms with Gasteiger partial charge in [-0.25, -0.2) is 4.79 Å². The van der Waals surface area contributed by atoms with E-state index in [1.807, 2.05) is 36.1 Å². The van der Waals surface area contributed by atoms with Crippen LogP contribution in [0.5, 0.6) is 0 Å². The molecule has 2 aliphatic heterocycles. The molecule has 1 aromatic heterocycles. The standard InChI is InChI=1S/C21H29N5O3/c1-3-19-23-24-20(29-19)16-4-6-17(7-5-16)22-21(27)26-11-10-25(14-15(26)2)18-8-12-28-13-9-18/h4-7,15,18H,3,8-14H2,1-2H3,(H,22,27)/t15-/m1/s1. The van der Waals surface area contributed by atoms with Crippen molar-refractivity contribution >= 4 is 11.7 Å². The van der Waals surface area contributed by atoms with Crippen molar-refractivity contribution < 1.29 is 13.9 Å². The first kappa shape index (κ1) is 19.8. The lowest BCUT2D eigenvalue weighted by molar-refractivity contribution is 0.00816. The average Bonchev–Trinajstić information content (AvgIpc) is 3.24. The quantitative estimate of drug-likeness (QED) is 0.851. The largest absolute Gasteiger partial charge is 0.421 e. The summed E-state index contributed by atoms with van der Waals surface area (Å²) in [6, 6.07) is 8.21.